The molecule has 1 aromatic carbocycles. The minimum Gasteiger partial charge on any atom is -0.383 e. The van der Waals surface area contributed by atoms with Gasteiger partial charge in [0.2, 0.25) is 10.0 Å². The first-order valence-corrected chi connectivity index (χ1v) is 9.45. The molecule has 0 aliphatic rings. The number of hydrogen-bond acceptors (Lipinski definition) is 6. The van der Waals surface area contributed by atoms with E-state index < -0.39 is 27.9 Å². The number of benzene rings is 1. The van der Waals surface area contributed by atoms with Crippen molar-refractivity contribution in [3.05, 3.63) is 59.9 Å². The summed E-state index contributed by atoms with van der Waals surface area (Å²) in [4.78, 5) is 27.8. The Balaban J connectivity index is 1.98. The van der Waals surface area contributed by atoms with Crippen molar-refractivity contribution in [3.8, 4) is 0 Å². The van der Waals surface area contributed by atoms with Crippen LogP contribution in [-0.4, -0.2) is 45.0 Å². The molecule has 9 nitrogen and oxygen atoms in total. The Hall–Kier alpha value is -2.82. The summed E-state index contributed by atoms with van der Waals surface area (Å²) in [6.07, 6.45) is 1.46. The van der Waals surface area contributed by atoms with E-state index in [0.717, 1.165) is 0 Å². The van der Waals surface area contributed by atoms with Gasteiger partial charge in [0, 0.05) is 24.9 Å². The molecule has 1 aromatic heterocycles. The highest BCUT2D eigenvalue weighted by Gasteiger charge is 2.18. The number of pyridine rings is 1. The normalized spacial score (nSPS) is 12.2. The molecule has 0 fully saturated rings. The van der Waals surface area contributed by atoms with Crippen molar-refractivity contribution in [1.82, 2.24) is 20.6 Å². The predicted octanol–water partition coefficient (Wildman–Crippen LogP) is 0.470. The third-order valence-corrected chi connectivity index (χ3v) is 4.99. The Morgan fingerprint density at radius 3 is 2.33 bits per heavy atom. The number of sulfonamides is 1. The average Bonchev–Trinajstić information content (AvgIpc) is 2.66. The van der Waals surface area contributed by atoms with Crippen LogP contribution in [0.3, 0.4) is 0 Å². The van der Waals surface area contributed by atoms with E-state index in [0.29, 0.717) is 0 Å². The zero-order chi connectivity index (χ0) is 19.9. The van der Waals surface area contributed by atoms with Crippen LogP contribution in [0.25, 0.3) is 0 Å². The van der Waals surface area contributed by atoms with Gasteiger partial charge in [-0.05, 0) is 43.3 Å². The summed E-state index contributed by atoms with van der Waals surface area (Å²) in [5.74, 6) is -1.16. The molecule has 0 saturated heterocycles. The highest BCUT2D eigenvalue weighted by molar-refractivity contribution is 7.89. The smallest absolute Gasteiger partial charge is 0.288 e. The number of hydrogen-bond donors (Lipinski definition) is 3. The molecule has 0 saturated carbocycles. The quantitative estimate of drug-likeness (QED) is 0.588. The maximum absolute atomic E-state index is 12.2. The second-order valence-electron chi connectivity index (χ2n) is 5.63. The molecule has 0 bridgehead atoms. The molecule has 0 radical (unpaired) electrons. The van der Waals surface area contributed by atoms with E-state index >= 15 is 0 Å². The first-order valence-electron chi connectivity index (χ1n) is 7.96. The van der Waals surface area contributed by atoms with Crippen molar-refractivity contribution >= 4 is 21.8 Å². The van der Waals surface area contributed by atoms with Crippen LogP contribution in [0.5, 0.6) is 0 Å². The van der Waals surface area contributed by atoms with E-state index in [2.05, 4.69) is 20.6 Å². The number of carbonyl (C=O) groups excluding carboxylic acids is 2. The number of nitrogens with zero attached hydrogens (tertiary/aromatic N) is 1. The first-order chi connectivity index (χ1) is 12.8. The number of ether oxygens (including phenoxy) is 1. The second kappa shape index (κ2) is 9.21. The van der Waals surface area contributed by atoms with E-state index in [1.54, 1.807) is 19.1 Å². The molecular weight excluding hydrogens is 372 g/mol. The topological polar surface area (TPSA) is 126 Å². The van der Waals surface area contributed by atoms with Gasteiger partial charge in [-0.1, -0.05) is 6.07 Å². The molecule has 144 valence electrons. The molecule has 3 N–H and O–H groups in total. The SMILES string of the molecule is COC[C@@H](C)NS(=O)(=O)c1ccc(C(=O)NNC(=O)c2ccccn2)cc1. The zero-order valence-corrected chi connectivity index (χ0v) is 15.6. The van der Waals surface area contributed by atoms with Gasteiger partial charge in [0.1, 0.15) is 5.69 Å². The highest BCUT2D eigenvalue weighted by atomic mass is 32.2. The minimum atomic E-state index is -3.73. The van der Waals surface area contributed by atoms with Gasteiger partial charge in [-0.3, -0.25) is 25.4 Å². The summed E-state index contributed by atoms with van der Waals surface area (Å²) in [5.41, 5.74) is 4.81. The fourth-order valence-corrected chi connectivity index (χ4v) is 3.38. The standard InChI is InChI=1S/C17H20N4O5S/c1-12(11-26-2)21-27(24,25)14-8-6-13(7-9-14)16(22)19-20-17(23)15-5-3-4-10-18-15/h3-10,12,21H,11H2,1-2H3,(H,19,22)(H,20,23)/t12-/m1/s1. The van der Waals surface area contributed by atoms with Crippen LogP contribution in [0.2, 0.25) is 0 Å². The van der Waals surface area contributed by atoms with E-state index in [1.807, 2.05) is 0 Å². The van der Waals surface area contributed by atoms with Crippen molar-refractivity contribution in [3.63, 3.8) is 0 Å². The van der Waals surface area contributed by atoms with Gasteiger partial charge < -0.3 is 4.74 Å². The predicted molar refractivity (Wildman–Crippen MR) is 97.3 cm³/mol. The molecule has 0 unspecified atom stereocenters. The number of methoxy groups -OCH3 is 1. The summed E-state index contributed by atoms with van der Waals surface area (Å²) in [6.45, 7) is 1.91. The monoisotopic (exact) mass is 392 g/mol. The Morgan fingerprint density at radius 1 is 1.07 bits per heavy atom. The molecular formula is C17H20N4O5S. The lowest BCUT2D eigenvalue weighted by Crippen LogP contribution is -2.42. The molecule has 0 aliphatic heterocycles. The zero-order valence-electron chi connectivity index (χ0n) is 14.8. The molecule has 27 heavy (non-hydrogen) atoms. The van der Waals surface area contributed by atoms with Crippen LogP contribution in [0, 0.1) is 0 Å². The molecule has 10 heteroatoms. The largest absolute Gasteiger partial charge is 0.383 e. The van der Waals surface area contributed by atoms with Crippen LogP contribution in [0.1, 0.15) is 27.8 Å². The maximum Gasteiger partial charge on any atom is 0.288 e. The summed E-state index contributed by atoms with van der Waals surface area (Å²) < 4.78 is 31.8. The summed E-state index contributed by atoms with van der Waals surface area (Å²) in [6, 6.07) is 9.70. The number of hydrazine groups is 1. The second-order valence-corrected chi connectivity index (χ2v) is 7.34. The molecule has 0 aliphatic carbocycles. The van der Waals surface area contributed by atoms with Crippen LogP contribution >= 0.6 is 0 Å². The maximum atomic E-state index is 12.2. The Kier molecular flexibility index (Phi) is 6.99. The lowest BCUT2D eigenvalue weighted by molar-refractivity contribution is 0.0844. The first kappa shape index (κ1) is 20.5. The number of aromatic nitrogens is 1. The van der Waals surface area contributed by atoms with Crippen molar-refractivity contribution in [2.75, 3.05) is 13.7 Å². The summed E-state index contributed by atoms with van der Waals surface area (Å²) in [5, 5.41) is 0. The molecule has 1 heterocycles. The molecule has 1 atom stereocenters. The third-order valence-electron chi connectivity index (χ3n) is 3.39. The van der Waals surface area contributed by atoms with E-state index in [1.165, 1.54) is 43.6 Å². The van der Waals surface area contributed by atoms with E-state index in [-0.39, 0.29) is 22.8 Å². The Labute approximate surface area is 157 Å². The number of rotatable bonds is 7. The number of amides is 2. The van der Waals surface area contributed by atoms with Crippen LogP contribution in [0.4, 0.5) is 0 Å². The Morgan fingerprint density at radius 2 is 1.74 bits per heavy atom. The molecule has 2 amide bonds. The van der Waals surface area contributed by atoms with Gasteiger partial charge in [0.05, 0.1) is 11.5 Å². The lowest BCUT2D eigenvalue weighted by Gasteiger charge is -2.13. The van der Waals surface area contributed by atoms with Crippen molar-refractivity contribution in [2.45, 2.75) is 17.9 Å². The van der Waals surface area contributed by atoms with Crippen molar-refractivity contribution in [1.29, 1.82) is 0 Å². The fourth-order valence-electron chi connectivity index (χ4n) is 2.15. The van der Waals surface area contributed by atoms with Crippen molar-refractivity contribution in [2.24, 2.45) is 0 Å². The number of carbonyl (C=O) groups is 2. The van der Waals surface area contributed by atoms with Crippen molar-refractivity contribution < 1.29 is 22.7 Å². The Bertz CT molecular complexity index is 885. The minimum absolute atomic E-state index is 0.0134. The lowest BCUT2D eigenvalue weighted by atomic mass is 10.2. The summed E-state index contributed by atoms with van der Waals surface area (Å²) in [7, 11) is -2.25. The van der Waals surface area contributed by atoms with Gasteiger partial charge in [0.15, 0.2) is 0 Å². The fraction of sp³-hybridized carbons (Fsp3) is 0.235. The summed E-state index contributed by atoms with van der Waals surface area (Å²) >= 11 is 0. The van der Waals surface area contributed by atoms with E-state index in [4.69, 9.17) is 4.74 Å². The van der Waals surface area contributed by atoms with Gasteiger partial charge in [-0.2, -0.15) is 0 Å². The van der Waals surface area contributed by atoms with Crippen LogP contribution < -0.4 is 15.6 Å². The van der Waals surface area contributed by atoms with Crippen LogP contribution in [-0.2, 0) is 14.8 Å². The molecule has 0 spiro atoms. The third kappa shape index (κ3) is 5.84. The van der Waals surface area contributed by atoms with Gasteiger partial charge in [-0.15, -0.1) is 0 Å². The van der Waals surface area contributed by atoms with E-state index in [9.17, 15) is 18.0 Å². The van der Waals surface area contributed by atoms with Gasteiger partial charge in [-0.25, -0.2) is 13.1 Å². The molecule has 2 rings (SSSR count). The highest BCUT2D eigenvalue weighted by Crippen LogP contribution is 2.11. The average molecular weight is 392 g/mol. The van der Waals surface area contributed by atoms with Crippen LogP contribution in [0.15, 0.2) is 53.6 Å². The van der Waals surface area contributed by atoms with Gasteiger partial charge in [0.25, 0.3) is 11.8 Å². The number of nitrogens with one attached hydrogen (secondary N) is 3. The molecule has 2 aromatic rings. The van der Waals surface area contributed by atoms with Gasteiger partial charge >= 0.3 is 0 Å².